The van der Waals surface area contributed by atoms with Crippen LogP contribution in [0.25, 0.3) is 11.2 Å². The van der Waals surface area contributed by atoms with E-state index < -0.39 is 31.1 Å². The van der Waals surface area contributed by atoms with Gasteiger partial charge in [0.25, 0.3) is 0 Å². The molecule has 4 rings (SSSR count). The van der Waals surface area contributed by atoms with E-state index in [0.29, 0.717) is 23.5 Å². The fraction of sp³-hybridized carbons (Fsp3) is 0.353. The molecule has 1 aliphatic rings. The summed E-state index contributed by atoms with van der Waals surface area (Å²) in [7, 11) is 0. The zero-order valence-electron chi connectivity index (χ0n) is 14.6. The highest BCUT2D eigenvalue weighted by molar-refractivity contribution is 14.1. The molecule has 1 aliphatic heterocycles. The Morgan fingerprint density at radius 1 is 1.21 bits per heavy atom. The lowest BCUT2D eigenvalue weighted by molar-refractivity contribution is -0.0511. The van der Waals surface area contributed by atoms with Crippen LogP contribution in [0.4, 0.5) is 11.5 Å². The molecule has 10 nitrogen and oxygen atoms in total. The smallest absolute Gasteiger partial charge is 0.167 e. The van der Waals surface area contributed by atoms with Crippen LogP contribution in [0.5, 0.6) is 0 Å². The lowest BCUT2D eigenvalue weighted by Gasteiger charge is -2.16. The second-order valence-corrected chi connectivity index (χ2v) is 7.65. The molecule has 148 valence electrons. The minimum Gasteiger partial charge on any atom is -0.398 e. The van der Waals surface area contributed by atoms with Crippen LogP contribution in [0.1, 0.15) is 11.8 Å². The molecule has 0 saturated carbocycles. The number of fused-ring (bicyclic) bond motifs is 1. The van der Waals surface area contributed by atoms with Crippen LogP contribution in [0.2, 0.25) is 0 Å². The van der Waals surface area contributed by atoms with E-state index in [4.69, 9.17) is 10.5 Å². The Hall–Kier alpha value is -2.06. The predicted molar refractivity (Wildman–Crippen MR) is 109 cm³/mol. The quantitative estimate of drug-likeness (QED) is 0.247. The maximum Gasteiger partial charge on any atom is 0.167 e. The zero-order chi connectivity index (χ0) is 19.8. The molecule has 0 unspecified atom stereocenters. The van der Waals surface area contributed by atoms with Crippen molar-refractivity contribution in [2.45, 2.75) is 31.1 Å². The van der Waals surface area contributed by atoms with Crippen LogP contribution < -0.4 is 11.1 Å². The standard InChI is InChI=1S/C17H19IN6O4/c18-9-3-8(1-2-10(9)19)4-20-15-12-16(22-6-21-15)24(7-23-12)17-14(27)13(26)11(5-25)28-17/h1-3,6-7,11,13-14,17,25-27H,4-5,19H2,(H,20,21,22)/t11-,13-,14-,17-/m1/s1/i18-2. The fourth-order valence-electron chi connectivity index (χ4n) is 3.14. The van der Waals surface area contributed by atoms with Crippen molar-refractivity contribution in [2.24, 2.45) is 0 Å². The lowest BCUT2D eigenvalue weighted by Crippen LogP contribution is -2.33. The van der Waals surface area contributed by atoms with Gasteiger partial charge in [-0.15, -0.1) is 0 Å². The van der Waals surface area contributed by atoms with Crippen molar-refractivity contribution in [3.05, 3.63) is 40.0 Å². The highest BCUT2D eigenvalue weighted by Gasteiger charge is 2.44. The van der Waals surface area contributed by atoms with Crippen molar-refractivity contribution < 1.29 is 20.1 Å². The van der Waals surface area contributed by atoms with E-state index in [1.54, 1.807) is 0 Å². The van der Waals surface area contributed by atoms with E-state index in [0.717, 1.165) is 14.8 Å². The Morgan fingerprint density at radius 2 is 2.04 bits per heavy atom. The van der Waals surface area contributed by atoms with Crippen LogP contribution in [0, 0.1) is 3.57 Å². The third-order valence-corrected chi connectivity index (χ3v) is 5.61. The largest absolute Gasteiger partial charge is 0.398 e. The molecule has 3 aromatic rings. The number of ether oxygens (including phenoxy) is 1. The number of anilines is 2. The maximum atomic E-state index is 10.3. The van der Waals surface area contributed by atoms with E-state index >= 15 is 0 Å². The monoisotopic (exact) mass is 496 g/mol. The Kier molecular flexibility index (Phi) is 5.33. The number of aliphatic hydroxyl groups is 3. The topological polar surface area (TPSA) is 152 Å². The van der Waals surface area contributed by atoms with Crippen molar-refractivity contribution in [3.63, 3.8) is 0 Å². The van der Waals surface area contributed by atoms with Crippen LogP contribution in [0.3, 0.4) is 0 Å². The summed E-state index contributed by atoms with van der Waals surface area (Å²) in [6.45, 7) is 0.118. The Balaban J connectivity index is 1.59. The molecule has 0 amide bonds. The first kappa shape index (κ1) is 19.3. The van der Waals surface area contributed by atoms with Gasteiger partial charge in [-0.05, 0) is 40.3 Å². The summed E-state index contributed by atoms with van der Waals surface area (Å²) in [6.07, 6.45) is -1.32. The van der Waals surface area contributed by atoms with Gasteiger partial charge in [0, 0.05) is 15.8 Å². The van der Waals surface area contributed by atoms with Gasteiger partial charge in [-0.3, -0.25) is 4.57 Å². The van der Waals surface area contributed by atoms with Crippen molar-refractivity contribution in [3.8, 4) is 0 Å². The Bertz CT molecular complexity index is 999. The number of rotatable bonds is 5. The molecule has 0 spiro atoms. The van der Waals surface area contributed by atoms with Gasteiger partial charge in [-0.25, -0.2) is 15.0 Å². The average Bonchev–Trinajstić information content (AvgIpc) is 3.24. The van der Waals surface area contributed by atoms with E-state index in [1.807, 2.05) is 18.2 Å². The van der Waals surface area contributed by atoms with Crippen molar-refractivity contribution in [2.75, 3.05) is 17.7 Å². The molecule has 28 heavy (non-hydrogen) atoms. The normalized spacial score (nSPS) is 24.7. The summed E-state index contributed by atoms with van der Waals surface area (Å²) >= 11 is 2.18. The number of hydrogen-bond donors (Lipinski definition) is 5. The highest BCUT2D eigenvalue weighted by Crippen LogP contribution is 2.32. The first-order valence-electron chi connectivity index (χ1n) is 8.57. The number of nitrogens with two attached hydrogens (primary N) is 1. The number of nitrogens with zero attached hydrogens (tertiary/aromatic N) is 4. The van der Waals surface area contributed by atoms with Crippen LogP contribution in [0.15, 0.2) is 30.9 Å². The molecule has 2 aromatic heterocycles. The van der Waals surface area contributed by atoms with Crippen molar-refractivity contribution in [1.82, 2.24) is 19.5 Å². The number of halogens is 1. The van der Waals surface area contributed by atoms with Crippen LogP contribution in [-0.4, -0.2) is 59.8 Å². The summed E-state index contributed by atoms with van der Waals surface area (Å²) < 4.78 is 8.06. The average molecular weight is 496 g/mol. The predicted octanol–water partition coefficient (Wildman–Crippen LogP) is 0.237. The molecule has 11 heteroatoms. The minimum atomic E-state index is -1.21. The lowest BCUT2D eigenvalue weighted by atomic mass is 10.1. The first-order chi connectivity index (χ1) is 13.5. The number of aromatic nitrogens is 4. The second-order valence-electron chi connectivity index (χ2n) is 6.48. The van der Waals surface area contributed by atoms with Gasteiger partial charge < -0.3 is 31.1 Å². The van der Waals surface area contributed by atoms with Gasteiger partial charge in [-0.2, -0.15) is 0 Å². The summed E-state index contributed by atoms with van der Waals surface area (Å²) in [5, 5.41) is 32.7. The molecule has 1 aromatic carbocycles. The van der Waals surface area contributed by atoms with Crippen LogP contribution >= 0.6 is 22.6 Å². The summed E-state index contributed by atoms with van der Waals surface area (Å²) in [5.74, 6) is 0.530. The summed E-state index contributed by atoms with van der Waals surface area (Å²) in [4.78, 5) is 12.8. The van der Waals surface area contributed by atoms with Gasteiger partial charge in [0.15, 0.2) is 23.2 Å². The number of aliphatic hydroxyl groups excluding tert-OH is 3. The van der Waals surface area contributed by atoms with Gasteiger partial charge >= 0.3 is 0 Å². The molecule has 0 radical (unpaired) electrons. The first-order valence-corrected chi connectivity index (χ1v) is 9.65. The SMILES string of the molecule is Nc1ccc(CNc2ncnc3c2ncn3[C@@H]2O[C@H](CO)[C@@H](O)[C@H]2O)cc1[125I]. The Labute approximate surface area is 173 Å². The van der Waals surface area contributed by atoms with Crippen molar-refractivity contribution in [1.29, 1.82) is 0 Å². The molecule has 6 N–H and O–H groups in total. The molecular formula is C17H19IN6O4. The van der Waals surface area contributed by atoms with Crippen LogP contribution in [-0.2, 0) is 11.3 Å². The van der Waals surface area contributed by atoms with Gasteiger partial charge in [0.2, 0.25) is 0 Å². The van der Waals surface area contributed by atoms with Gasteiger partial charge in [0.1, 0.15) is 24.6 Å². The Morgan fingerprint density at radius 3 is 2.75 bits per heavy atom. The molecular weight excluding hydrogens is 477 g/mol. The molecule has 3 heterocycles. The van der Waals surface area contributed by atoms with Gasteiger partial charge in [0.05, 0.1) is 12.9 Å². The number of nitrogens with one attached hydrogen (secondary N) is 1. The zero-order valence-corrected chi connectivity index (χ0v) is 16.8. The van der Waals surface area contributed by atoms with E-state index in [9.17, 15) is 15.3 Å². The fourth-order valence-corrected chi connectivity index (χ4v) is 3.72. The van der Waals surface area contributed by atoms with Crippen molar-refractivity contribution >= 4 is 45.3 Å². The number of nitrogen functional groups attached to an aromatic ring is 1. The minimum absolute atomic E-state index is 0.399. The summed E-state index contributed by atoms with van der Waals surface area (Å²) in [6, 6.07) is 5.77. The number of benzene rings is 1. The molecule has 1 fully saturated rings. The highest BCUT2D eigenvalue weighted by atomic mass is 125. The van der Waals surface area contributed by atoms with E-state index in [1.165, 1.54) is 17.2 Å². The van der Waals surface area contributed by atoms with E-state index in [2.05, 4.69) is 42.9 Å². The number of imidazole rings is 1. The third-order valence-electron chi connectivity index (χ3n) is 4.67. The summed E-state index contributed by atoms with van der Waals surface area (Å²) in [5.41, 5.74) is 8.56. The maximum absolute atomic E-state index is 10.3. The molecule has 4 atom stereocenters. The third kappa shape index (κ3) is 3.39. The van der Waals surface area contributed by atoms with E-state index in [-0.39, 0.29) is 0 Å². The number of hydrogen-bond acceptors (Lipinski definition) is 9. The molecule has 1 saturated heterocycles. The molecule has 0 aliphatic carbocycles. The second kappa shape index (κ2) is 7.75. The molecule has 0 bridgehead atoms. The van der Waals surface area contributed by atoms with Gasteiger partial charge in [-0.1, -0.05) is 6.07 Å².